The highest BCUT2D eigenvalue weighted by molar-refractivity contribution is 6.51. The van der Waals surface area contributed by atoms with E-state index in [1.807, 2.05) is 0 Å². The van der Waals surface area contributed by atoms with Gasteiger partial charge in [-0.25, -0.2) is 8.78 Å². The van der Waals surface area contributed by atoms with Crippen LogP contribution in [0.2, 0.25) is 0 Å². The fourth-order valence-corrected chi connectivity index (χ4v) is 4.14. The highest BCUT2D eigenvalue weighted by Gasteiger charge is 2.47. The van der Waals surface area contributed by atoms with Gasteiger partial charge in [0.2, 0.25) is 0 Å². The van der Waals surface area contributed by atoms with Crippen molar-refractivity contribution in [2.45, 2.75) is 32.2 Å². The molecule has 1 unspecified atom stereocenters. The van der Waals surface area contributed by atoms with Gasteiger partial charge in [0.1, 0.15) is 28.9 Å². The molecule has 0 radical (unpaired) electrons. The van der Waals surface area contributed by atoms with Crippen LogP contribution in [-0.2, 0) is 9.59 Å². The quantitative estimate of drug-likeness (QED) is 0.178. The predicted octanol–water partition coefficient (Wildman–Crippen LogP) is 5.87. The number of aliphatic hydroxyl groups excluding tert-OH is 1. The van der Waals surface area contributed by atoms with Gasteiger partial charge < -0.3 is 14.9 Å². The second-order valence-electron chi connectivity index (χ2n) is 8.44. The third-order valence-corrected chi connectivity index (χ3v) is 5.97. The lowest BCUT2D eigenvalue weighted by Gasteiger charge is -2.25. The van der Waals surface area contributed by atoms with E-state index in [1.54, 1.807) is 24.3 Å². The van der Waals surface area contributed by atoms with Gasteiger partial charge in [-0.05, 0) is 60.5 Å². The molecular weight excluding hydrogens is 468 g/mol. The molecule has 1 fully saturated rings. The number of nitrogens with zero attached hydrogens (tertiary/aromatic N) is 1. The zero-order valence-corrected chi connectivity index (χ0v) is 19.6. The number of hydrogen-bond acceptors (Lipinski definition) is 5. The summed E-state index contributed by atoms with van der Waals surface area (Å²) in [5.41, 5.74) is 0.0305. The smallest absolute Gasteiger partial charge is 0.300 e. The molecule has 3 aromatic rings. The molecular formula is C28H25F2NO5. The monoisotopic (exact) mass is 493 g/mol. The van der Waals surface area contributed by atoms with Crippen molar-refractivity contribution in [1.82, 2.24) is 0 Å². The molecule has 1 amide bonds. The first kappa shape index (κ1) is 24.9. The molecule has 1 heterocycles. The topological polar surface area (TPSA) is 87.1 Å². The highest BCUT2D eigenvalue weighted by atomic mass is 19.1. The molecule has 1 aliphatic heterocycles. The van der Waals surface area contributed by atoms with Crippen molar-refractivity contribution in [2.75, 3.05) is 11.5 Å². The number of halogens is 2. The number of phenolic OH excluding ortho intramolecular Hbond substituents is 1. The number of carbonyl (C=O) groups is 2. The number of aromatic hydroxyl groups is 1. The number of aliphatic hydroxyl groups is 1. The summed E-state index contributed by atoms with van der Waals surface area (Å²) in [5.74, 6) is -3.89. The number of phenols is 1. The molecule has 0 saturated carbocycles. The summed E-state index contributed by atoms with van der Waals surface area (Å²) in [6.07, 6.45) is 3.02. The second kappa shape index (κ2) is 10.6. The van der Waals surface area contributed by atoms with Gasteiger partial charge in [0.25, 0.3) is 11.7 Å². The fraction of sp³-hybridized carbons (Fsp3) is 0.214. The number of Topliss-reactive ketones (excluding diaryl/α,β-unsaturated/α-hetero) is 1. The second-order valence-corrected chi connectivity index (χ2v) is 8.44. The number of unbranched alkanes of at least 4 members (excludes halogenated alkanes) is 2. The summed E-state index contributed by atoms with van der Waals surface area (Å²) >= 11 is 0. The molecule has 8 heteroatoms. The van der Waals surface area contributed by atoms with E-state index in [-0.39, 0.29) is 22.6 Å². The summed E-state index contributed by atoms with van der Waals surface area (Å²) in [7, 11) is 0. The average molecular weight is 494 g/mol. The maximum absolute atomic E-state index is 14.7. The molecule has 4 rings (SSSR count). The Morgan fingerprint density at radius 3 is 2.31 bits per heavy atom. The molecule has 186 valence electrons. The molecule has 1 atom stereocenters. The minimum atomic E-state index is -1.21. The predicted molar refractivity (Wildman–Crippen MR) is 131 cm³/mol. The van der Waals surface area contributed by atoms with Crippen molar-refractivity contribution in [1.29, 1.82) is 0 Å². The molecule has 36 heavy (non-hydrogen) atoms. The number of benzene rings is 3. The molecule has 0 aliphatic carbocycles. The van der Waals surface area contributed by atoms with Crippen molar-refractivity contribution in [3.63, 3.8) is 0 Å². The van der Waals surface area contributed by atoms with Crippen molar-refractivity contribution in [3.05, 3.63) is 95.1 Å². The summed E-state index contributed by atoms with van der Waals surface area (Å²) < 4.78 is 34.0. The minimum Gasteiger partial charge on any atom is -0.508 e. The van der Waals surface area contributed by atoms with Gasteiger partial charge in [-0.2, -0.15) is 0 Å². The summed E-state index contributed by atoms with van der Waals surface area (Å²) in [4.78, 5) is 27.1. The molecule has 1 aliphatic rings. The minimum absolute atomic E-state index is 0.0572. The van der Waals surface area contributed by atoms with Gasteiger partial charge in [0.15, 0.2) is 0 Å². The molecule has 0 aromatic heterocycles. The summed E-state index contributed by atoms with van der Waals surface area (Å²) in [6.45, 7) is 2.64. The Bertz CT molecular complexity index is 1300. The number of ketones is 1. The van der Waals surface area contributed by atoms with E-state index in [9.17, 15) is 28.6 Å². The Morgan fingerprint density at radius 1 is 0.972 bits per heavy atom. The summed E-state index contributed by atoms with van der Waals surface area (Å²) in [5, 5.41) is 20.9. The first-order valence-corrected chi connectivity index (χ1v) is 11.6. The van der Waals surface area contributed by atoms with Gasteiger partial charge in [0.05, 0.1) is 23.9 Å². The molecule has 2 N–H and O–H groups in total. The largest absolute Gasteiger partial charge is 0.508 e. The van der Waals surface area contributed by atoms with Crippen molar-refractivity contribution >= 4 is 23.1 Å². The van der Waals surface area contributed by atoms with Crippen LogP contribution < -0.4 is 9.64 Å². The Morgan fingerprint density at radius 2 is 1.67 bits per heavy atom. The van der Waals surface area contributed by atoms with E-state index in [0.29, 0.717) is 24.0 Å². The van der Waals surface area contributed by atoms with Gasteiger partial charge in [-0.1, -0.05) is 31.9 Å². The summed E-state index contributed by atoms with van der Waals surface area (Å²) in [6, 6.07) is 13.5. The van der Waals surface area contributed by atoms with Gasteiger partial charge in [-0.15, -0.1) is 0 Å². The van der Waals surface area contributed by atoms with Crippen LogP contribution in [0.3, 0.4) is 0 Å². The molecule has 1 saturated heterocycles. The van der Waals surface area contributed by atoms with Gasteiger partial charge in [0, 0.05) is 11.6 Å². The number of ether oxygens (including phenoxy) is 1. The fourth-order valence-electron chi connectivity index (χ4n) is 4.14. The van der Waals surface area contributed by atoms with Crippen molar-refractivity contribution in [3.8, 4) is 11.5 Å². The number of carbonyl (C=O) groups excluding carboxylic acids is 2. The SMILES string of the molecule is CCCCCOc1ccc(/C(O)=C2\C(=O)C(=O)N(c3ccc(F)cc3F)C2c2ccc(O)cc2)cc1. The first-order valence-electron chi connectivity index (χ1n) is 11.6. The van der Waals surface area contributed by atoms with E-state index >= 15 is 0 Å². The molecule has 0 spiro atoms. The molecule has 3 aromatic carbocycles. The van der Waals surface area contributed by atoms with Crippen molar-refractivity contribution < 1.29 is 33.3 Å². The standard InChI is InChI=1S/C28H25F2NO5/c1-2-3-4-15-36-21-12-7-18(8-13-21)26(33)24-25(17-5-10-20(32)11-6-17)31(28(35)27(24)34)23-14-9-19(29)16-22(23)30/h5-14,16,25,32-33H,2-4,15H2,1H3/b26-24+. The number of anilines is 1. The third-order valence-electron chi connectivity index (χ3n) is 5.97. The van der Waals surface area contributed by atoms with Crippen LogP contribution in [0.5, 0.6) is 11.5 Å². The zero-order chi connectivity index (χ0) is 25.8. The maximum atomic E-state index is 14.7. The Labute approximate surface area is 207 Å². The van der Waals surface area contributed by atoms with Crippen LogP contribution in [0.25, 0.3) is 5.76 Å². The van der Waals surface area contributed by atoms with Crippen LogP contribution in [0.15, 0.2) is 72.3 Å². The lowest BCUT2D eigenvalue weighted by Crippen LogP contribution is -2.30. The Balaban J connectivity index is 1.77. The van der Waals surface area contributed by atoms with Crippen LogP contribution in [0.4, 0.5) is 14.5 Å². The van der Waals surface area contributed by atoms with E-state index in [4.69, 9.17) is 4.74 Å². The van der Waals surface area contributed by atoms with Crippen molar-refractivity contribution in [2.24, 2.45) is 0 Å². The Kier molecular flexibility index (Phi) is 7.33. The van der Waals surface area contributed by atoms with Crippen LogP contribution in [0.1, 0.15) is 43.4 Å². The van der Waals surface area contributed by atoms with E-state index in [0.717, 1.165) is 36.3 Å². The normalized spacial score (nSPS) is 17.0. The number of amides is 1. The third kappa shape index (κ3) is 4.93. The van der Waals surface area contributed by atoms with E-state index < -0.39 is 35.1 Å². The van der Waals surface area contributed by atoms with E-state index in [1.165, 1.54) is 24.3 Å². The number of rotatable bonds is 8. The molecule has 0 bridgehead atoms. The van der Waals surface area contributed by atoms with E-state index in [2.05, 4.69) is 6.92 Å². The zero-order valence-electron chi connectivity index (χ0n) is 19.6. The molecule has 6 nitrogen and oxygen atoms in total. The van der Waals surface area contributed by atoms with Gasteiger partial charge >= 0.3 is 0 Å². The average Bonchev–Trinajstić information content (AvgIpc) is 3.12. The number of hydrogen-bond donors (Lipinski definition) is 2. The van der Waals surface area contributed by atoms with Crippen LogP contribution in [0, 0.1) is 11.6 Å². The lowest BCUT2D eigenvalue weighted by atomic mass is 9.95. The Hall–Kier alpha value is -4.20. The van der Waals surface area contributed by atoms with Gasteiger partial charge in [-0.3, -0.25) is 14.5 Å². The first-order chi connectivity index (χ1) is 17.3. The highest BCUT2D eigenvalue weighted by Crippen LogP contribution is 2.43. The lowest BCUT2D eigenvalue weighted by molar-refractivity contribution is -0.132. The van der Waals surface area contributed by atoms with Crippen LogP contribution in [-0.4, -0.2) is 28.5 Å². The van der Waals surface area contributed by atoms with Crippen LogP contribution >= 0.6 is 0 Å². The maximum Gasteiger partial charge on any atom is 0.300 e.